The van der Waals surface area contributed by atoms with E-state index >= 15 is 0 Å². The predicted molar refractivity (Wildman–Crippen MR) is 25.0 cm³/mol. The molecule has 4 heteroatoms. The summed E-state index contributed by atoms with van der Waals surface area (Å²) in [6, 6.07) is 0. The van der Waals surface area contributed by atoms with Crippen molar-refractivity contribution < 1.29 is 4.74 Å². The largest absolute Gasteiger partial charge is 0.424 e. The van der Waals surface area contributed by atoms with Gasteiger partial charge in [-0.15, -0.1) is 0 Å². The summed E-state index contributed by atoms with van der Waals surface area (Å²) in [5, 5.41) is 13.4. The molecule has 0 amide bonds. The fraction of sp³-hybridized carbons (Fsp3) is 0. The lowest BCUT2D eigenvalue weighted by molar-refractivity contribution is 0.586. The number of hydrogen-bond donors (Lipinski definition) is 2. The molecule has 1 aliphatic heterocycles. The van der Waals surface area contributed by atoms with Crippen LogP contribution < -0.4 is 0 Å². The smallest absolute Gasteiger partial charge is 0.258 e. The number of nitrogens with one attached hydrogen (secondary N) is 2. The minimum absolute atomic E-state index is 0.111. The fourth-order valence-electron chi connectivity index (χ4n) is 0.246. The van der Waals surface area contributed by atoms with Crippen LogP contribution in [0, 0.1) is 10.8 Å². The van der Waals surface area contributed by atoms with Gasteiger partial charge in [-0.2, -0.15) is 4.99 Å². The molecule has 4 nitrogen and oxygen atoms in total. The van der Waals surface area contributed by atoms with Gasteiger partial charge in [-0.3, -0.25) is 10.8 Å². The van der Waals surface area contributed by atoms with E-state index in [1.165, 1.54) is 0 Å². The Morgan fingerprint density at radius 3 is 2.43 bits per heavy atom. The molecule has 0 saturated carbocycles. The molecular weight excluding hydrogens is 94.1 g/mol. The molecule has 0 bridgehead atoms. The first-order valence-electron chi connectivity index (χ1n) is 1.67. The standard InChI is InChI=1S/C3H3N3O/c4-2-3(5)7-1-6-2/h1,4-5H. The highest BCUT2D eigenvalue weighted by Crippen LogP contribution is 1.88. The molecule has 1 aliphatic rings. The van der Waals surface area contributed by atoms with Crippen molar-refractivity contribution in [2.75, 3.05) is 0 Å². The van der Waals surface area contributed by atoms with Crippen LogP contribution in [-0.2, 0) is 4.74 Å². The quantitative estimate of drug-likeness (QED) is 0.438. The normalized spacial score (nSPS) is 17.7. The second-order valence-corrected chi connectivity index (χ2v) is 1.03. The van der Waals surface area contributed by atoms with Crippen LogP contribution in [0.3, 0.4) is 0 Å². The predicted octanol–water partition coefficient (Wildman–Crippen LogP) is -0.000560. The highest BCUT2D eigenvalue weighted by atomic mass is 16.5. The molecule has 0 atom stereocenters. The Hall–Kier alpha value is -1.19. The Bertz CT molecular complexity index is 148. The summed E-state index contributed by atoms with van der Waals surface area (Å²) in [4.78, 5) is 3.33. The first-order valence-corrected chi connectivity index (χ1v) is 1.67. The van der Waals surface area contributed by atoms with Crippen LogP contribution in [0.15, 0.2) is 4.99 Å². The Labute approximate surface area is 39.8 Å². The molecule has 0 spiro atoms. The van der Waals surface area contributed by atoms with Crippen molar-refractivity contribution in [3.8, 4) is 0 Å². The van der Waals surface area contributed by atoms with Crippen LogP contribution in [0.2, 0.25) is 0 Å². The van der Waals surface area contributed by atoms with Gasteiger partial charge in [0.25, 0.3) is 5.90 Å². The van der Waals surface area contributed by atoms with Crippen molar-refractivity contribution in [2.45, 2.75) is 0 Å². The fourth-order valence-corrected chi connectivity index (χ4v) is 0.246. The Morgan fingerprint density at radius 1 is 1.57 bits per heavy atom. The minimum atomic E-state index is -0.181. The van der Waals surface area contributed by atoms with Crippen molar-refractivity contribution in [2.24, 2.45) is 4.99 Å². The minimum Gasteiger partial charge on any atom is -0.424 e. The lowest BCUT2D eigenvalue weighted by Crippen LogP contribution is -2.02. The molecule has 0 fully saturated rings. The number of amidine groups is 1. The molecule has 36 valence electrons. The van der Waals surface area contributed by atoms with Gasteiger partial charge in [0, 0.05) is 0 Å². The van der Waals surface area contributed by atoms with Crippen LogP contribution in [0.25, 0.3) is 0 Å². The highest BCUT2D eigenvalue weighted by molar-refractivity contribution is 6.40. The van der Waals surface area contributed by atoms with Gasteiger partial charge in [0.2, 0.25) is 5.84 Å². The first kappa shape index (κ1) is 3.98. The Kier molecular flexibility index (Phi) is 0.651. The van der Waals surface area contributed by atoms with E-state index in [0.29, 0.717) is 0 Å². The van der Waals surface area contributed by atoms with E-state index in [4.69, 9.17) is 10.8 Å². The van der Waals surface area contributed by atoms with E-state index in [9.17, 15) is 0 Å². The number of aliphatic imine (C=N–C) groups is 1. The molecule has 0 aromatic carbocycles. The lowest BCUT2D eigenvalue weighted by Gasteiger charge is -1.82. The summed E-state index contributed by atoms with van der Waals surface area (Å²) < 4.78 is 4.33. The highest BCUT2D eigenvalue weighted by Gasteiger charge is 2.07. The number of hydrogen-bond acceptors (Lipinski definition) is 3. The monoisotopic (exact) mass is 97.0 g/mol. The molecule has 0 aliphatic carbocycles. The SMILES string of the molecule is N=C1N=COC1=N. The molecular formula is C3H3N3O. The second-order valence-electron chi connectivity index (χ2n) is 1.03. The molecule has 1 rings (SSSR count). The van der Waals surface area contributed by atoms with E-state index in [0.717, 1.165) is 6.40 Å². The molecule has 1 heterocycles. The van der Waals surface area contributed by atoms with E-state index in [-0.39, 0.29) is 11.7 Å². The van der Waals surface area contributed by atoms with Gasteiger partial charge in [-0.25, -0.2) is 0 Å². The average Bonchev–Trinajstić information content (AvgIpc) is 1.91. The van der Waals surface area contributed by atoms with Crippen LogP contribution in [0.5, 0.6) is 0 Å². The zero-order valence-corrected chi connectivity index (χ0v) is 3.43. The van der Waals surface area contributed by atoms with Crippen molar-refractivity contribution in [1.82, 2.24) is 0 Å². The Balaban J connectivity index is 2.81. The maximum atomic E-state index is 6.71. The Morgan fingerprint density at radius 2 is 2.29 bits per heavy atom. The first-order chi connectivity index (χ1) is 3.30. The van der Waals surface area contributed by atoms with Crippen molar-refractivity contribution in [3.63, 3.8) is 0 Å². The maximum Gasteiger partial charge on any atom is 0.258 e. The van der Waals surface area contributed by atoms with E-state index in [2.05, 4.69) is 9.73 Å². The third-order valence-electron chi connectivity index (χ3n) is 0.567. The molecule has 0 unspecified atom stereocenters. The molecule has 0 radical (unpaired) electrons. The third-order valence-corrected chi connectivity index (χ3v) is 0.567. The van der Waals surface area contributed by atoms with Crippen molar-refractivity contribution in [1.29, 1.82) is 10.8 Å². The average molecular weight is 97.1 g/mol. The number of rotatable bonds is 0. The van der Waals surface area contributed by atoms with Gasteiger partial charge in [-0.1, -0.05) is 0 Å². The van der Waals surface area contributed by atoms with Crippen LogP contribution in [-0.4, -0.2) is 18.1 Å². The van der Waals surface area contributed by atoms with E-state index in [1.54, 1.807) is 0 Å². The molecule has 2 N–H and O–H groups in total. The number of nitrogens with zero attached hydrogens (tertiary/aromatic N) is 1. The van der Waals surface area contributed by atoms with E-state index < -0.39 is 0 Å². The van der Waals surface area contributed by atoms with Gasteiger partial charge in [0.15, 0.2) is 6.40 Å². The maximum absolute atomic E-state index is 6.71. The summed E-state index contributed by atoms with van der Waals surface area (Å²) in [7, 11) is 0. The van der Waals surface area contributed by atoms with Crippen LogP contribution in [0.4, 0.5) is 0 Å². The van der Waals surface area contributed by atoms with Gasteiger partial charge in [0.1, 0.15) is 0 Å². The van der Waals surface area contributed by atoms with E-state index in [1.807, 2.05) is 0 Å². The van der Waals surface area contributed by atoms with Gasteiger partial charge in [-0.05, 0) is 0 Å². The molecule has 0 saturated heterocycles. The van der Waals surface area contributed by atoms with Crippen LogP contribution in [0.1, 0.15) is 0 Å². The van der Waals surface area contributed by atoms with Crippen molar-refractivity contribution >= 4 is 18.1 Å². The zero-order chi connectivity index (χ0) is 5.28. The second kappa shape index (κ2) is 1.14. The topological polar surface area (TPSA) is 69.3 Å². The summed E-state index contributed by atoms with van der Waals surface area (Å²) in [6.07, 6.45) is 1.07. The van der Waals surface area contributed by atoms with Crippen LogP contribution >= 0.6 is 0 Å². The summed E-state index contributed by atoms with van der Waals surface area (Å²) in [5.74, 6) is -0.292. The summed E-state index contributed by atoms with van der Waals surface area (Å²) in [5.41, 5.74) is 0. The summed E-state index contributed by atoms with van der Waals surface area (Å²) >= 11 is 0. The van der Waals surface area contributed by atoms with Gasteiger partial charge >= 0.3 is 0 Å². The molecule has 0 aromatic heterocycles. The lowest BCUT2D eigenvalue weighted by atomic mass is 10.6. The van der Waals surface area contributed by atoms with Gasteiger partial charge in [0.05, 0.1) is 0 Å². The molecule has 0 aromatic rings. The van der Waals surface area contributed by atoms with Crippen molar-refractivity contribution in [3.05, 3.63) is 0 Å². The molecule has 7 heavy (non-hydrogen) atoms. The third kappa shape index (κ3) is 0.489. The van der Waals surface area contributed by atoms with Gasteiger partial charge < -0.3 is 4.74 Å². The summed E-state index contributed by atoms with van der Waals surface area (Å²) in [6.45, 7) is 0. The number of ether oxygens (including phenoxy) is 1. The zero-order valence-electron chi connectivity index (χ0n) is 3.43.